The number of piperidine rings is 1. The first kappa shape index (κ1) is 15.6. The Morgan fingerprint density at radius 3 is 2.78 bits per heavy atom. The second-order valence-electron chi connectivity index (χ2n) is 7.19. The van der Waals surface area contributed by atoms with Crippen LogP contribution < -0.4 is 0 Å². The van der Waals surface area contributed by atoms with E-state index in [1.807, 2.05) is 6.20 Å². The number of fused-ring (bicyclic) bond motifs is 2. The summed E-state index contributed by atoms with van der Waals surface area (Å²) < 4.78 is 33.1. The lowest BCUT2D eigenvalue weighted by atomic mass is 9.84. The molecule has 7 heteroatoms. The van der Waals surface area contributed by atoms with Gasteiger partial charge in [-0.1, -0.05) is 12.8 Å². The predicted molar refractivity (Wildman–Crippen MR) is 86.5 cm³/mol. The summed E-state index contributed by atoms with van der Waals surface area (Å²) in [4.78, 5) is 0. The van der Waals surface area contributed by atoms with Crippen LogP contribution in [0.1, 0.15) is 49.8 Å². The average Bonchev–Trinajstić information content (AvgIpc) is 3.19. The molecule has 3 aliphatic rings. The summed E-state index contributed by atoms with van der Waals surface area (Å²) in [6.45, 7) is 1.79. The first-order valence-corrected chi connectivity index (χ1v) is 10.3. The van der Waals surface area contributed by atoms with Crippen LogP contribution in [0, 0.1) is 5.92 Å². The molecule has 3 heterocycles. The van der Waals surface area contributed by atoms with Crippen LogP contribution in [0.15, 0.2) is 6.20 Å². The van der Waals surface area contributed by atoms with Crippen LogP contribution in [0.2, 0.25) is 0 Å². The third-order valence-corrected chi connectivity index (χ3v) is 7.81. The maximum Gasteiger partial charge on any atom is 0.214 e. The highest BCUT2D eigenvalue weighted by Gasteiger charge is 2.44. The van der Waals surface area contributed by atoms with Gasteiger partial charge in [0.25, 0.3) is 0 Å². The van der Waals surface area contributed by atoms with Crippen LogP contribution >= 0.6 is 0 Å². The molecule has 23 heavy (non-hydrogen) atoms. The molecular formula is C16H25N3O3S. The zero-order valence-corrected chi connectivity index (χ0v) is 14.3. The van der Waals surface area contributed by atoms with Crippen LogP contribution in [0.3, 0.4) is 0 Å². The number of hydrogen-bond donors (Lipinski definition) is 1. The summed E-state index contributed by atoms with van der Waals surface area (Å²) in [5.74, 6) is 0.692. The summed E-state index contributed by atoms with van der Waals surface area (Å²) >= 11 is 0. The first-order valence-electron chi connectivity index (χ1n) is 8.74. The van der Waals surface area contributed by atoms with Crippen molar-refractivity contribution >= 4 is 10.0 Å². The summed E-state index contributed by atoms with van der Waals surface area (Å²) in [6, 6.07) is 0. The van der Waals surface area contributed by atoms with E-state index in [-0.39, 0.29) is 5.60 Å². The number of nitrogens with zero attached hydrogens (tertiary/aromatic N) is 2. The molecule has 0 bridgehead atoms. The summed E-state index contributed by atoms with van der Waals surface area (Å²) in [5.41, 5.74) is 1.93. The quantitative estimate of drug-likeness (QED) is 0.911. The van der Waals surface area contributed by atoms with Gasteiger partial charge in [-0.15, -0.1) is 0 Å². The van der Waals surface area contributed by atoms with E-state index in [0.717, 1.165) is 25.0 Å². The molecule has 2 fully saturated rings. The maximum atomic E-state index is 12.7. The van der Waals surface area contributed by atoms with Gasteiger partial charge in [0.15, 0.2) is 0 Å². The molecule has 1 aromatic heterocycles. The van der Waals surface area contributed by atoms with Crippen LogP contribution in [-0.4, -0.2) is 48.4 Å². The Kier molecular flexibility index (Phi) is 3.98. The van der Waals surface area contributed by atoms with Crippen LogP contribution in [0.25, 0.3) is 0 Å². The van der Waals surface area contributed by atoms with E-state index < -0.39 is 10.0 Å². The van der Waals surface area contributed by atoms with E-state index >= 15 is 0 Å². The van der Waals surface area contributed by atoms with E-state index in [2.05, 4.69) is 10.2 Å². The summed E-state index contributed by atoms with van der Waals surface area (Å²) in [6.07, 6.45) is 8.69. The number of nitrogens with one attached hydrogen (secondary N) is 1. The molecule has 0 radical (unpaired) electrons. The zero-order valence-electron chi connectivity index (χ0n) is 13.5. The lowest BCUT2D eigenvalue weighted by Gasteiger charge is -2.43. The Morgan fingerprint density at radius 2 is 2.04 bits per heavy atom. The second kappa shape index (κ2) is 5.86. The Bertz CT molecular complexity index is 656. The molecule has 1 saturated carbocycles. The topological polar surface area (TPSA) is 75.3 Å². The normalized spacial score (nSPS) is 25.7. The van der Waals surface area contributed by atoms with Crippen molar-refractivity contribution in [1.29, 1.82) is 0 Å². The fourth-order valence-corrected chi connectivity index (χ4v) is 6.30. The Morgan fingerprint density at radius 1 is 1.30 bits per heavy atom. The van der Waals surface area contributed by atoms with E-state index in [1.54, 1.807) is 4.31 Å². The van der Waals surface area contributed by atoms with Crippen molar-refractivity contribution in [1.82, 2.24) is 14.5 Å². The van der Waals surface area contributed by atoms with Crippen molar-refractivity contribution < 1.29 is 13.2 Å². The Labute approximate surface area is 137 Å². The molecule has 6 nitrogen and oxygen atoms in total. The van der Waals surface area contributed by atoms with Gasteiger partial charge < -0.3 is 4.74 Å². The summed E-state index contributed by atoms with van der Waals surface area (Å²) in [5, 5.41) is 7.24. The number of aromatic amines is 1. The highest BCUT2D eigenvalue weighted by atomic mass is 32.2. The van der Waals surface area contributed by atoms with Gasteiger partial charge in [0.1, 0.15) is 5.60 Å². The third kappa shape index (κ3) is 2.83. The van der Waals surface area contributed by atoms with Crippen molar-refractivity contribution in [2.45, 2.75) is 50.5 Å². The second-order valence-corrected chi connectivity index (χ2v) is 9.20. The molecule has 128 valence electrons. The lowest BCUT2D eigenvalue weighted by Crippen LogP contribution is -2.49. The molecule has 0 amide bonds. The fraction of sp³-hybridized carbons (Fsp3) is 0.812. The first-order chi connectivity index (χ1) is 11.1. The van der Waals surface area contributed by atoms with Crippen molar-refractivity contribution in [3.05, 3.63) is 17.5 Å². The Balaban J connectivity index is 1.45. The van der Waals surface area contributed by atoms with Crippen molar-refractivity contribution in [2.75, 3.05) is 25.4 Å². The van der Waals surface area contributed by atoms with Gasteiger partial charge in [-0.25, -0.2) is 12.7 Å². The lowest BCUT2D eigenvalue weighted by molar-refractivity contribution is -0.0920. The summed E-state index contributed by atoms with van der Waals surface area (Å²) in [7, 11) is -3.13. The molecule has 1 aromatic rings. The zero-order chi connectivity index (χ0) is 15.9. The van der Waals surface area contributed by atoms with Crippen LogP contribution in [0.4, 0.5) is 0 Å². The number of sulfonamides is 1. The molecule has 1 aliphatic carbocycles. The average molecular weight is 339 g/mol. The highest BCUT2D eigenvalue weighted by Crippen LogP contribution is 2.41. The molecule has 0 unspecified atom stereocenters. The minimum Gasteiger partial charge on any atom is -0.368 e. The predicted octanol–water partition coefficient (Wildman–Crippen LogP) is 1.79. The highest BCUT2D eigenvalue weighted by molar-refractivity contribution is 7.89. The van der Waals surface area contributed by atoms with Crippen LogP contribution in [0.5, 0.6) is 0 Å². The molecule has 0 aromatic carbocycles. The van der Waals surface area contributed by atoms with E-state index in [4.69, 9.17) is 4.74 Å². The molecule has 2 aliphatic heterocycles. The van der Waals surface area contributed by atoms with Gasteiger partial charge in [-0.3, -0.25) is 5.10 Å². The van der Waals surface area contributed by atoms with Gasteiger partial charge in [0.2, 0.25) is 10.0 Å². The third-order valence-electron chi connectivity index (χ3n) is 5.77. The molecule has 4 rings (SSSR count). The molecule has 1 spiro atoms. The minimum absolute atomic E-state index is 0.330. The van der Waals surface area contributed by atoms with Gasteiger partial charge in [0.05, 0.1) is 24.3 Å². The van der Waals surface area contributed by atoms with Gasteiger partial charge >= 0.3 is 0 Å². The maximum absolute atomic E-state index is 12.7. The van der Waals surface area contributed by atoms with Crippen LogP contribution in [-0.2, 0) is 26.8 Å². The number of ether oxygens (including phenoxy) is 1. The molecule has 1 saturated heterocycles. The molecular weight excluding hydrogens is 314 g/mol. The number of aromatic nitrogens is 2. The molecule has 0 atom stereocenters. The van der Waals surface area contributed by atoms with E-state index in [0.29, 0.717) is 44.2 Å². The Hall–Kier alpha value is -0.920. The van der Waals surface area contributed by atoms with Crippen molar-refractivity contribution in [2.24, 2.45) is 5.92 Å². The number of H-pyrrole nitrogens is 1. The van der Waals surface area contributed by atoms with Crippen molar-refractivity contribution in [3.8, 4) is 0 Å². The van der Waals surface area contributed by atoms with Gasteiger partial charge in [-0.05, 0) is 43.6 Å². The van der Waals surface area contributed by atoms with Crippen molar-refractivity contribution in [3.63, 3.8) is 0 Å². The SMILES string of the molecule is O=S(=O)(CC1CCCC1)N1CCC2(CC1)OCCc1cn[nH]c12. The molecule has 1 N–H and O–H groups in total. The standard InChI is InChI=1S/C16H25N3O3S/c20-23(21,12-13-3-1-2-4-13)19-8-6-16(7-9-19)15-14(5-10-22-16)11-17-18-15/h11,13H,1-10,12H2,(H,17,18). The van der Waals surface area contributed by atoms with E-state index in [1.165, 1.54) is 18.4 Å². The fourth-order valence-electron chi connectivity index (χ4n) is 4.42. The van der Waals surface area contributed by atoms with Gasteiger partial charge in [-0.2, -0.15) is 5.10 Å². The number of rotatable bonds is 3. The number of hydrogen-bond acceptors (Lipinski definition) is 4. The smallest absolute Gasteiger partial charge is 0.214 e. The largest absolute Gasteiger partial charge is 0.368 e. The minimum atomic E-state index is -3.13. The van der Waals surface area contributed by atoms with E-state index in [9.17, 15) is 8.42 Å². The monoisotopic (exact) mass is 339 g/mol. The van der Waals surface area contributed by atoms with Gasteiger partial charge in [0, 0.05) is 13.1 Å².